The van der Waals surface area contributed by atoms with Crippen LogP contribution in [0.2, 0.25) is 0 Å². The van der Waals surface area contributed by atoms with Crippen molar-refractivity contribution in [2.75, 3.05) is 5.32 Å². The number of nitrogens with one attached hydrogen (secondary N) is 2. The first kappa shape index (κ1) is 16.6. The molecule has 0 radical (unpaired) electrons. The number of aromatic nitrogens is 5. The van der Waals surface area contributed by atoms with Gasteiger partial charge in [-0.15, -0.1) is 10.2 Å². The van der Waals surface area contributed by atoms with Gasteiger partial charge in [-0.05, 0) is 18.6 Å². The molecule has 0 bridgehead atoms. The van der Waals surface area contributed by atoms with Crippen molar-refractivity contribution in [2.45, 2.75) is 13.5 Å². The fourth-order valence-electron chi connectivity index (χ4n) is 2.85. The molecule has 4 rings (SSSR count). The highest BCUT2D eigenvalue weighted by atomic mass is 16.1. The van der Waals surface area contributed by atoms with Gasteiger partial charge in [0.05, 0.1) is 11.1 Å². The lowest BCUT2D eigenvalue weighted by Gasteiger charge is -2.08. The quantitative estimate of drug-likeness (QED) is 0.503. The van der Waals surface area contributed by atoms with Crippen molar-refractivity contribution in [1.29, 1.82) is 0 Å². The highest BCUT2D eigenvalue weighted by Gasteiger charge is 2.17. The molecule has 0 saturated carbocycles. The molecule has 0 atom stereocenters. The fraction of sp³-hybridized carbons (Fsp3) is 0.105. The maximum absolute atomic E-state index is 11.6. The van der Waals surface area contributed by atoms with Gasteiger partial charge in [0.25, 0.3) is 5.91 Å². The van der Waals surface area contributed by atoms with Gasteiger partial charge < -0.3 is 11.1 Å². The number of benzene rings is 2. The van der Waals surface area contributed by atoms with Gasteiger partial charge in [-0.1, -0.05) is 42.5 Å². The lowest BCUT2D eigenvalue weighted by molar-refractivity contribution is 0.100. The number of amides is 1. The number of aromatic amines is 1. The second kappa shape index (κ2) is 6.83. The highest BCUT2D eigenvalue weighted by molar-refractivity contribution is 6.07. The van der Waals surface area contributed by atoms with Crippen LogP contribution in [-0.2, 0) is 6.54 Å². The van der Waals surface area contributed by atoms with E-state index in [0.29, 0.717) is 46.0 Å². The third-order valence-electron chi connectivity index (χ3n) is 4.23. The molecule has 27 heavy (non-hydrogen) atoms. The van der Waals surface area contributed by atoms with Crippen molar-refractivity contribution in [3.63, 3.8) is 0 Å². The van der Waals surface area contributed by atoms with Crippen LogP contribution >= 0.6 is 0 Å². The first-order valence-corrected chi connectivity index (χ1v) is 8.40. The van der Waals surface area contributed by atoms with Gasteiger partial charge in [0.1, 0.15) is 11.4 Å². The Balaban J connectivity index is 1.70. The summed E-state index contributed by atoms with van der Waals surface area (Å²) in [6.07, 6.45) is 0. The van der Waals surface area contributed by atoms with E-state index in [1.54, 1.807) is 12.1 Å². The van der Waals surface area contributed by atoms with Gasteiger partial charge in [-0.3, -0.25) is 9.89 Å². The Morgan fingerprint density at radius 3 is 2.70 bits per heavy atom. The molecule has 0 spiro atoms. The largest absolute Gasteiger partial charge is 0.366 e. The number of hydrogen-bond donors (Lipinski definition) is 3. The summed E-state index contributed by atoms with van der Waals surface area (Å²) in [5.41, 5.74) is 8.69. The Bertz CT molecular complexity index is 1120. The summed E-state index contributed by atoms with van der Waals surface area (Å²) in [6.45, 7) is 2.46. The summed E-state index contributed by atoms with van der Waals surface area (Å²) >= 11 is 0. The molecule has 0 fully saturated rings. The minimum Gasteiger partial charge on any atom is -0.366 e. The number of nitrogens with two attached hydrogens (primary N) is 1. The summed E-state index contributed by atoms with van der Waals surface area (Å²) < 4.78 is 0. The minimum atomic E-state index is -0.524. The number of anilines is 1. The number of carbonyl (C=O) groups excluding carboxylic acids is 1. The lowest BCUT2D eigenvalue weighted by atomic mass is 10.1. The van der Waals surface area contributed by atoms with Gasteiger partial charge >= 0.3 is 0 Å². The molecule has 134 valence electrons. The molecule has 2 aromatic carbocycles. The van der Waals surface area contributed by atoms with Gasteiger partial charge in [0, 0.05) is 11.9 Å². The van der Waals surface area contributed by atoms with Crippen molar-refractivity contribution >= 4 is 22.6 Å². The van der Waals surface area contributed by atoms with E-state index in [2.05, 4.69) is 30.7 Å². The third kappa shape index (κ3) is 3.20. The molecular weight excluding hydrogens is 342 g/mol. The molecule has 4 aromatic rings. The van der Waals surface area contributed by atoms with Crippen LogP contribution in [0.3, 0.4) is 0 Å². The maximum atomic E-state index is 11.6. The van der Waals surface area contributed by atoms with Crippen LogP contribution in [0, 0.1) is 6.92 Å². The van der Waals surface area contributed by atoms with Gasteiger partial charge in [-0.25, -0.2) is 4.98 Å². The number of aryl methyl sites for hydroxylation is 1. The molecule has 0 aliphatic heterocycles. The Hall–Kier alpha value is -3.81. The Labute approximate surface area is 154 Å². The average Bonchev–Trinajstić information content (AvgIpc) is 3.12. The smallest absolute Gasteiger partial charge is 0.250 e. The third-order valence-corrected chi connectivity index (χ3v) is 4.23. The number of hydrogen-bond acceptors (Lipinski definition) is 6. The predicted molar refractivity (Wildman–Crippen MR) is 102 cm³/mol. The van der Waals surface area contributed by atoms with Crippen molar-refractivity contribution in [2.24, 2.45) is 5.73 Å². The highest BCUT2D eigenvalue weighted by Crippen LogP contribution is 2.26. The summed E-state index contributed by atoms with van der Waals surface area (Å²) in [4.78, 5) is 16.2. The number of rotatable bonds is 5. The zero-order chi connectivity index (χ0) is 18.8. The summed E-state index contributed by atoms with van der Waals surface area (Å²) in [7, 11) is 0. The van der Waals surface area contributed by atoms with E-state index in [9.17, 15) is 4.79 Å². The average molecular weight is 359 g/mol. The van der Waals surface area contributed by atoms with Crippen LogP contribution in [0.15, 0.2) is 48.5 Å². The second-order valence-corrected chi connectivity index (χ2v) is 6.07. The van der Waals surface area contributed by atoms with E-state index in [4.69, 9.17) is 5.73 Å². The standard InChI is InChI=1S/C19H17N7O/c1-11-18(21-10-12-6-3-2-4-7-12)22-19(26-23-11)16-13-8-5-9-14(17(20)27)15(13)24-25-16/h2-9H,10H2,1H3,(H2,20,27)(H,24,25)(H,21,22,26). The molecule has 2 heterocycles. The van der Waals surface area contributed by atoms with Crippen molar-refractivity contribution < 1.29 is 4.79 Å². The topological polar surface area (TPSA) is 122 Å². The van der Waals surface area contributed by atoms with Crippen molar-refractivity contribution in [1.82, 2.24) is 25.4 Å². The summed E-state index contributed by atoms with van der Waals surface area (Å²) in [6, 6.07) is 15.2. The number of para-hydroxylation sites is 1. The number of nitrogens with zero attached hydrogens (tertiary/aromatic N) is 4. The van der Waals surface area contributed by atoms with Crippen LogP contribution < -0.4 is 11.1 Å². The zero-order valence-electron chi connectivity index (χ0n) is 14.6. The Morgan fingerprint density at radius 2 is 1.93 bits per heavy atom. The van der Waals surface area contributed by atoms with Crippen LogP contribution in [0.1, 0.15) is 21.6 Å². The molecule has 0 aliphatic carbocycles. The molecule has 0 unspecified atom stereocenters. The summed E-state index contributed by atoms with van der Waals surface area (Å²) in [5, 5.41) is 19.5. The van der Waals surface area contributed by atoms with Crippen LogP contribution in [0.5, 0.6) is 0 Å². The van der Waals surface area contributed by atoms with E-state index in [-0.39, 0.29) is 0 Å². The normalized spacial score (nSPS) is 10.9. The van der Waals surface area contributed by atoms with E-state index in [1.165, 1.54) is 0 Å². The predicted octanol–water partition coefficient (Wildman–Crippen LogP) is 2.43. The van der Waals surface area contributed by atoms with E-state index < -0.39 is 5.91 Å². The van der Waals surface area contributed by atoms with Crippen molar-refractivity contribution in [3.05, 3.63) is 65.4 Å². The van der Waals surface area contributed by atoms with Gasteiger partial charge in [-0.2, -0.15) is 5.10 Å². The van der Waals surface area contributed by atoms with Crippen molar-refractivity contribution in [3.8, 4) is 11.5 Å². The van der Waals surface area contributed by atoms with E-state index >= 15 is 0 Å². The molecule has 8 heteroatoms. The molecule has 1 amide bonds. The summed E-state index contributed by atoms with van der Waals surface area (Å²) in [5.74, 6) is 0.471. The molecular formula is C19H17N7O. The molecule has 0 aliphatic rings. The van der Waals surface area contributed by atoms with E-state index in [1.807, 2.05) is 43.3 Å². The SMILES string of the molecule is Cc1nnc(-c2n[nH]c3c(C(N)=O)cccc23)nc1NCc1ccccc1. The second-order valence-electron chi connectivity index (χ2n) is 6.07. The van der Waals surface area contributed by atoms with Crippen LogP contribution in [0.25, 0.3) is 22.4 Å². The monoisotopic (exact) mass is 359 g/mol. The first-order chi connectivity index (χ1) is 13.1. The van der Waals surface area contributed by atoms with Gasteiger partial charge in [0.15, 0.2) is 5.82 Å². The molecule has 0 saturated heterocycles. The van der Waals surface area contributed by atoms with E-state index in [0.717, 1.165) is 5.56 Å². The van der Waals surface area contributed by atoms with Crippen LogP contribution in [0.4, 0.5) is 5.82 Å². The number of carbonyl (C=O) groups is 1. The first-order valence-electron chi connectivity index (χ1n) is 8.40. The Morgan fingerprint density at radius 1 is 1.11 bits per heavy atom. The molecule has 2 aromatic heterocycles. The number of primary amides is 1. The Kier molecular flexibility index (Phi) is 4.21. The van der Waals surface area contributed by atoms with Crippen LogP contribution in [-0.4, -0.2) is 31.3 Å². The van der Waals surface area contributed by atoms with Gasteiger partial charge in [0.2, 0.25) is 5.82 Å². The maximum Gasteiger partial charge on any atom is 0.250 e. The number of H-pyrrole nitrogens is 1. The molecule has 4 N–H and O–H groups in total. The number of fused-ring (bicyclic) bond motifs is 1. The molecule has 8 nitrogen and oxygen atoms in total. The zero-order valence-corrected chi connectivity index (χ0v) is 14.6. The lowest BCUT2D eigenvalue weighted by Crippen LogP contribution is -2.11. The minimum absolute atomic E-state index is 0.365. The fourth-order valence-corrected chi connectivity index (χ4v) is 2.85.